The highest BCUT2D eigenvalue weighted by Crippen LogP contribution is 2.41. The Balaban J connectivity index is 1.24. The van der Waals surface area contributed by atoms with Crippen LogP contribution in [0, 0.1) is 0 Å². The van der Waals surface area contributed by atoms with Gasteiger partial charge in [0, 0.05) is 44.2 Å². The molecule has 7 heteroatoms. The Labute approximate surface area is 244 Å². The van der Waals surface area contributed by atoms with Gasteiger partial charge in [-0.3, -0.25) is 9.69 Å². The zero-order chi connectivity index (χ0) is 27.5. The van der Waals surface area contributed by atoms with Gasteiger partial charge in [0.05, 0.1) is 0 Å². The predicted molar refractivity (Wildman–Crippen MR) is 164 cm³/mol. The predicted octanol–water partition coefficient (Wildman–Crippen LogP) is 7.27. The van der Waals surface area contributed by atoms with Crippen molar-refractivity contribution >= 4 is 38.8 Å². The molecule has 0 saturated carbocycles. The summed E-state index contributed by atoms with van der Waals surface area (Å²) in [6.07, 6.45) is 5.97. The number of halogens is 1. The highest BCUT2D eigenvalue weighted by molar-refractivity contribution is 7.22. The number of benzene rings is 3. The lowest BCUT2D eigenvalue weighted by molar-refractivity contribution is 0.104. The van der Waals surface area contributed by atoms with Crippen LogP contribution in [0.2, 0.25) is 5.02 Å². The van der Waals surface area contributed by atoms with Crippen LogP contribution in [0.1, 0.15) is 47.2 Å². The number of hydrogen-bond donors (Lipinski definition) is 1. The van der Waals surface area contributed by atoms with Crippen LogP contribution >= 0.6 is 22.9 Å². The number of carbonyl (C=O) groups excluding carboxylic acids is 1. The highest BCUT2D eigenvalue weighted by atomic mass is 35.5. The summed E-state index contributed by atoms with van der Waals surface area (Å²) in [5.41, 5.74) is 3.24. The topological polar surface area (TPSA) is 53.0 Å². The summed E-state index contributed by atoms with van der Waals surface area (Å²) in [7, 11) is 0. The summed E-state index contributed by atoms with van der Waals surface area (Å²) < 4.78 is 6.87. The lowest BCUT2D eigenvalue weighted by Crippen LogP contribution is -2.25. The van der Waals surface area contributed by atoms with Gasteiger partial charge < -0.3 is 14.7 Å². The van der Waals surface area contributed by atoms with Crippen molar-refractivity contribution in [1.82, 2.24) is 9.80 Å². The van der Waals surface area contributed by atoms with Crippen molar-refractivity contribution in [2.24, 2.45) is 0 Å². The van der Waals surface area contributed by atoms with Gasteiger partial charge in [-0.15, -0.1) is 11.3 Å². The van der Waals surface area contributed by atoms with Crippen LogP contribution in [0.15, 0.2) is 60.7 Å². The molecule has 2 aliphatic heterocycles. The molecule has 3 aromatic carbocycles. The standard InChI is InChI=1S/C33H35ClN2O3S/c34-29-21-25(6-5-23(29)13-18-35-14-1-2-15-35)32(38)31-28-12-9-26(37)22-30(28)40-33(31)24-7-10-27(11-8-24)39-20-19-36-16-3-4-17-36/h5-12,21-22,37H,1-4,13-20H2. The molecule has 0 aliphatic carbocycles. The summed E-state index contributed by atoms with van der Waals surface area (Å²) in [5, 5.41) is 11.6. The van der Waals surface area contributed by atoms with Gasteiger partial charge in [0.2, 0.25) is 0 Å². The van der Waals surface area contributed by atoms with Crippen LogP contribution in [0.3, 0.4) is 0 Å². The van der Waals surface area contributed by atoms with Crippen LogP contribution in [0.4, 0.5) is 0 Å². The van der Waals surface area contributed by atoms with E-state index in [9.17, 15) is 9.90 Å². The molecule has 0 unspecified atom stereocenters. The van der Waals surface area contributed by atoms with Gasteiger partial charge in [-0.05, 0) is 118 Å². The normalized spacial score (nSPS) is 16.2. The van der Waals surface area contributed by atoms with Crippen molar-refractivity contribution < 1.29 is 14.6 Å². The van der Waals surface area contributed by atoms with Crippen LogP contribution in [0.25, 0.3) is 20.5 Å². The molecule has 2 fully saturated rings. The molecule has 2 saturated heterocycles. The van der Waals surface area contributed by atoms with E-state index in [2.05, 4.69) is 9.80 Å². The zero-order valence-electron chi connectivity index (χ0n) is 22.7. The van der Waals surface area contributed by atoms with Gasteiger partial charge in [-0.25, -0.2) is 0 Å². The number of nitrogens with zero attached hydrogens (tertiary/aromatic N) is 2. The van der Waals surface area contributed by atoms with E-state index in [0.29, 0.717) is 22.8 Å². The van der Waals surface area contributed by atoms with Gasteiger partial charge in [0.1, 0.15) is 18.1 Å². The Kier molecular flexibility index (Phi) is 8.40. The Bertz CT molecular complexity index is 1490. The zero-order valence-corrected chi connectivity index (χ0v) is 24.3. The van der Waals surface area contributed by atoms with Crippen molar-refractivity contribution in [3.05, 3.63) is 82.4 Å². The summed E-state index contributed by atoms with van der Waals surface area (Å²) >= 11 is 8.22. The van der Waals surface area contributed by atoms with Crippen molar-refractivity contribution in [3.63, 3.8) is 0 Å². The number of fused-ring (bicyclic) bond motifs is 1. The minimum Gasteiger partial charge on any atom is -0.508 e. The first-order chi connectivity index (χ1) is 19.5. The first kappa shape index (κ1) is 27.3. The largest absolute Gasteiger partial charge is 0.508 e. The number of phenolic OH excluding ortho intramolecular Hbond substituents is 1. The van der Waals surface area contributed by atoms with E-state index in [1.807, 2.05) is 48.5 Å². The van der Waals surface area contributed by atoms with Crippen molar-refractivity contribution in [2.45, 2.75) is 32.1 Å². The van der Waals surface area contributed by atoms with Crippen LogP contribution in [-0.2, 0) is 6.42 Å². The summed E-state index contributed by atoms with van der Waals surface area (Å²) in [6.45, 7) is 7.24. The second-order valence-corrected chi connectivity index (χ2v) is 12.3. The third-order valence-corrected chi connectivity index (χ3v) is 9.66. The van der Waals surface area contributed by atoms with E-state index >= 15 is 0 Å². The molecule has 0 amide bonds. The van der Waals surface area contributed by atoms with Gasteiger partial charge in [-0.1, -0.05) is 23.7 Å². The SMILES string of the molecule is O=C(c1ccc(CCN2CCCC2)c(Cl)c1)c1c(-c2ccc(OCCN3CCCC3)cc2)sc2cc(O)ccc12. The second-order valence-electron chi connectivity index (χ2n) is 10.8. The Morgan fingerprint density at radius 3 is 2.27 bits per heavy atom. The quantitative estimate of drug-likeness (QED) is 0.202. The molecular weight excluding hydrogens is 540 g/mol. The number of hydrogen-bond acceptors (Lipinski definition) is 6. The lowest BCUT2D eigenvalue weighted by atomic mass is 9.96. The number of aromatic hydroxyl groups is 1. The monoisotopic (exact) mass is 574 g/mol. The molecule has 40 heavy (non-hydrogen) atoms. The maximum absolute atomic E-state index is 14.0. The molecule has 0 radical (unpaired) electrons. The van der Waals surface area contributed by atoms with Gasteiger partial charge in [-0.2, -0.15) is 0 Å². The molecule has 1 N–H and O–H groups in total. The average molecular weight is 575 g/mol. The first-order valence-corrected chi connectivity index (χ1v) is 15.5. The molecule has 0 bridgehead atoms. The highest BCUT2D eigenvalue weighted by Gasteiger charge is 2.23. The molecule has 3 heterocycles. The van der Waals surface area contributed by atoms with Crippen molar-refractivity contribution in [3.8, 4) is 21.9 Å². The number of rotatable bonds is 10. The van der Waals surface area contributed by atoms with Crippen molar-refractivity contribution in [2.75, 3.05) is 45.9 Å². The Morgan fingerprint density at radius 2 is 1.57 bits per heavy atom. The molecule has 5 nitrogen and oxygen atoms in total. The maximum Gasteiger partial charge on any atom is 0.195 e. The van der Waals surface area contributed by atoms with E-state index < -0.39 is 0 Å². The van der Waals surface area contributed by atoms with E-state index in [0.717, 1.165) is 77.5 Å². The fourth-order valence-electron chi connectivity index (χ4n) is 5.84. The van der Waals surface area contributed by atoms with Crippen LogP contribution < -0.4 is 4.74 Å². The van der Waals surface area contributed by atoms with Gasteiger partial charge in [0.25, 0.3) is 0 Å². The van der Waals surface area contributed by atoms with Crippen LogP contribution in [0.5, 0.6) is 11.5 Å². The van der Waals surface area contributed by atoms with Gasteiger partial charge >= 0.3 is 0 Å². The summed E-state index contributed by atoms with van der Waals surface area (Å²) in [4.78, 5) is 19.8. The number of carbonyl (C=O) groups is 1. The van der Waals surface area contributed by atoms with Crippen molar-refractivity contribution in [1.29, 1.82) is 0 Å². The third kappa shape index (κ3) is 6.06. The van der Waals surface area contributed by atoms with Gasteiger partial charge in [0.15, 0.2) is 5.78 Å². The van der Waals surface area contributed by atoms with E-state index in [1.165, 1.54) is 37.0 Å². The summed E-state index contributed by atoms with van der Waals surface area (Å²) in [6, 6.07) is 18.9. The fourth-order valence-corrected chi connectivity index (χ4v) is 7.35. The average Bonchev–Trinajstić information content (AvgIpc) is 3.74. The summed E-state index contributed by atoms with van der Waals surface area (Å²) in [5.74, 6) is 0.947. The van der Waals surface area contributed by atoms with E-state index in [4.69, 9.17) is 16.3 Å². The second kappa shape index (κ2) is 12.3. The first-order valence-electron chi connectivity index (χ1n) is 14.3. The maximum atomic E-state index is 14.0. The Hall–Kier alpha value is -2.90. The van der Waals surface area contributed by atoms with Crippen LogP contribution in [-0.4, -0.2) is 66.6 Å². The minimum atomic E-state index is -0.0640. The lowest BCUT2D eigenvalue weighted by Gasteiger charge is -2.15. The minimum absolute atomic E-state index is 0.0640. The Morgan fingerprint density at radius 1 is 0.875 bits per heavy atom. The number of likely N-dealkylation sites (tertiary alicyclic amines) is 2. The number of ketones is 1. The molecule has 2 aliphatic rings. The third-order valence-electron chi connectivity index (χ3n) is 8.10. The van der Waals surface area contributed by atoms with E-state index in [-0.39, 0.29) is 11.5 Å². The molecule has 0 atom stereocenters. The molecule has 4 aromatic rings. The molecule has 6 rings (SSSR count). The molecule has 208 valence electrons. The molecule has 1 aromatic heterocycles. The van der Waals surface area contributed by atoms with E-state index in [1.54, 1.807) is 12.1 Å². The molecule has 0 spiro atoms. The number of ether oxygens (including phenoxy) is 1. The fraction of sp³-hybridized carbons (Fsp3) is 0.364. The molecular formula is C33H35ClN2O3S. The number of thiophene rings is 1. The smallest absolute Gasteiger partial charge is 0.195 e. The number of phenols is 1.